The van der Waals surface area contributed by atoms with Crippen molar-refractivity contribution in [2.24, 2.45) is 0 Å². The van der Waals surface area contributed by atoms with Crippen molar-refractivity contribution in [2.45, 2.75) is 12.5 Å². The second-order valence-corrected chi connectivity index (χ2v) is 7.60. The number of nitriles is 1. The molecule has 1 aliphatic rings. The fraction of sp³-hybridized carbons (Fsp3) is 0.208. The van der Waals surface area contributed by atoms with Crippen LogP contribution in [0.5, 0.6) is 0 Å². The molecule has 1 atom stereocenters. The zero-order valence-electron chi connectivity index (χ0n) is 16.8. The molecule has 31 heavy (non-hydrogen) atoms. The van der Waals surface area contributed by atoms with Crippen LogP contribution in [0.1, 0.15) is 11.1 Å². The van der Waals surface area contributed by atoms with Crippen LogP contribution in [0.3, 0.4) is 0 Å². The Bertz CT molecular complexity index is 1290. The van der Waals surface area contributed by atoms with E-state index in [1.54, 1.807) is 12.4 Å². The van der Waals surface area contributed by atoms with Crippen LogP contribution < -0.4 is 5.32 Å². The average molecular weight is 413 g/mol. The minimum Gasteiger partial charge on any atom is -0.375 e. The van der Waals surface area contributed by atoms with Crippen LogP contribution in [0.2, 0.25) is 0 Å². The van der Waals surface area contributed by atoms with E-state index in [9.17, 15) is 4.39 Å². The largest absolute Gasteiger partial charge is 0.375 e. The van der Waals surface area contributed by atoms with E-state index in [0.717, 1.165) is 53.0 Å². The topological polar surface area (TPSA) is 75.2 Å². The molecular formula is C24H20FN5O. The highest BCUT2D eigenvalue weighted by atomic mass is 19.1. The normalized spacial score (nSPS) is 16.3. The first-order valence-corrected chi connectivity index (χ1v) is 10.2. The lowest BCUT2D eigenvalue weighted by molar-refractivity contribution is 0.0292. The van der Waals surface area contributed by atoms with E-state index in [2.05, 4.69) is 33.7 Å². The highest BCUT2D eigenvalue weighted by Gasteiger charge is 2.17. The molecule has 0 saturated carbocycles. The van der Waals surface area contributed by atoms with Crippen molar-refractivity contribution in [3.8, 4) is 28.3 Å². The Morgan fingerprint density at radius 1 is 1.13 bits per heavy atom. The number of hydrogen-bond donors (Lipinski definition) is 1. The lowest BCUT2D eigenvalue weighted by Gasteiger charge is -2.24. The van der Waals surface area contributed by atoms with Crippen LogP contribution in [0.4, 0.5) is 4.39 Å². The molecule has 154 valence electrons. The maximum Gasteiger partial charge on any atom is 0.161 e. The molecular weight excluding hydrogens is 393 g/mol. The summed E-state index contributed by atoms with van der Waals surface area (Å²) < 4.78 is 22.1. The van der Waals surface area contributed by atoms with Crippen molar-refractivity contribution in [2.75, 3.05) is 19.7 Å². The number of benzene rings is 2. The number of morpholine rings is 1. The van der Waals surface area contributed by atoms with Crippen molar-refractivity contribution in [3.63, 3.8) is 0 Å². The molecule has 0 bridgehead atoms. The average Bonchev–Trinajstić information content (AvgIpc) is 3.28. The third-order valence-electron chi connectivity index (χ3n) is 5.56. The smallest absolute Gasteiger partial charge is 0.161 e. The van der Waals surface area contributed by atoms with E-state index in [0.29, 0.717) is 6.61 Å². The number of nitrogens with one attached hydrogen (secondary N) is 1. The van der Waals surface area contributed by atoms with Crippen LogP contribution in [0, 0.1) is 17.1 Å². The Balaban J connectivity index is 1.60. The van der Waals surface area contributed by atoms with Gasteiger partial charge in [0.05, 0.1) is 18.3 Å². The van der Waals surface area contributed by atoms with E-state index < -0.39 is 5.82 Å². The molecule has 0 aliphatic carbocycles. The molecule has 7 heteroatoms. The van der Waals surface area contributed by atoms with Crippen LogP contribution in [-0.2, 0) is 11.2 Å². The monoisotopic (exact) mass is 413 g/mol. The number of aromatic nitrogens is 3. The summed E-state index contributed by atoms with van der Waals surface area (Å²) in [7, 11) is 0. The first-order chi connectivity index (χ1) is 15.2. The second kappa shape index (κ2) is 8.26. The fourth-order valence-corrected chi connectivity index (χ4v) is 3.98. The number of ether oxygens (including phenoxy) is 1. The Labute approximate surface area is 178 Å². The molecule has 1 aliphatic heterocycles. The predicted octanol–water partition coefficient (Wildman–Crippen LogP) is 3.60. The number of nitrogens with zero attached hydrogens (tertiary/aromatic N) is 4. The van der Waals surface area contributed by atoms with Gasteiger partial charge in [0.15, 0.2) is 5.65 Å². The molecule has 6 nitrogen and oxygen atoms in total. The van der Waals surface area contributed by atoms with Gasteiger partial charge < -0.3 is 10.1 Å². The van der Waals surface area contributed by atoms with Gasteiger partial charge in [0, 0.05) is 19.3 Å². The predicted molar refractivity (Wildman–Crippen MR) is 115 cm³/mol. The van der Waals surface area contributed by atoms with Crippen LogP contribution in [-0.4, -0.2) is 40.4 Å². The van der Waals surface area contributed by atoms with Gasteiger partial charge in [0.25, 0.3) is 0 Å². The summed E-state index contributed by atoms with van der Waals surface area (Å²) in [4.78, 5) is 0. The van der Waals surface area contributed by atoms with E-state index in [1.807, 2.05) is 28.8 Å². The van der Waals surface area contributed by atoms with Gasteiger partial charge in [-0.1, -0.05) is 24.3 Å². The van der Waals surface area contributed by atoms with E-state index in [-0.39, 0.29) is 11.7 Å². The van der Waals surface area contributed by atoms with Gasteiger partial charge in [-0.25, -0.2) is 4.39 Å². The molecule has 4 aromatic rings. The molecule has 0 radical (unpaired) electrons. The van der Waals surface area contributed by atoms with Crippen molar-refractivity contribution < 1.29 is 9.13 Å². The van der Waals surface area contributed by atoms with Gasteiger partial charge in [-0.15, -0.1) is 10.2 Å². The summed E-state index contributed by atoms with van der Waals surface area (Å²) in [6, 6.07) is 16.8. The molecule has 2 aromatic heterocycles. The minimum atomic E-state index is -0.524. The van der Waals surface area contributed by atoms with Gasteiger partial charge in [-0.2, -0.15) is 5.26 Å². The first-order valence-electron chi connectivity index (χ1n) is 10.2. The maximum atomic E-state index is 14.4. The Kier molecular flexibility index (Phi) is 5.16. The number of hydrogen-bond acceptors (Lipinski definition) is 5. The maximum absolute atomic E-state index is 14.4. The molecule has 1 saturated heterocycles. The number of pyridine rings is 1. The summed E-state index contributed by atoms with van der Waals surface area (Å²) >= 11 is 0. The first kappa shape index (κ1) is 19.4. The van der Waals surface area contributed by atoms with Crippen LogP contribution in [0.25, 0.3) is 27.9 Å². The third-order valence-corrected chi connectivity index (χ3v) is 5.56. The molecule has 1 unspecified atom stereocenters. The van der Waals surface area contributed by atoms with E-state index in [1.165, 1.54) is 12.1 Å². The number of halogens is 1. The Hall–Kier alpha value is -3.60. The standard InChI is InChI=1S/C24H20FN5O/c25-23-11-17(2-3-19(23)13-26)22-10-16(9-20-14-27-6-8-31-20)1-4-21(22)18-5-7-30-15-28-29-24(30)12-18/h1-5,7,10-12,15,20,27H,6,8-9,14H2. The number of fused-ring (bicyclic) bond motifs is 1. The Morgan fingerprint density at radius 3 is 2.84 bits per heavy atom. The zero-order chi connectivity index (χ0) is 21.2. The summed E-state index contributed by atoms with van der Waals surface area (Å²) in [5.41, 5.74) is 5.42. The molecule has 3 heterocycles. The van der Waals surface area contributed by atoms with Gasteiger partial charge >= 0.3 is 0 Å². The molecule has 1 N–H and O–H groups in total. The van der Waals surface area contributed by atoms with Gasteiger partial charge in [-0.05, 0) is 58.5 Å². The second-order valence-electron chi connectivity index (χ2n) is 7.60. The summed E-state index contributed by atoms with van der Waals surface area (Å²) in [6.07, 6.45) is 4.43. The highest BCUT2D eigenvalue weighted by Crippen LogP contribution is 2.34. The van der Waals surface area contributed by atoms with Crippen LogP contribution in [0.15, 0.2) is 61.1 Å². The third kappa shape index (κ3) is 3.91. The van der Waals surface area contributed by atoms with Crippen molar-refractivity contribution in [1.29, 1.82) is 5.26 Å². The van der Waals surface area contributed by atoms with Gasteiger partial charge in [0.2, 0.25) is 0 Å². The van der Waals surface area contributed by atoms with Gasteiger partial charge in [0.1, 0.15) is 18.2 Å². The van der Waals surface area contributed by atoms with Crippen LogP contribution >= 0.6 is 0 Å². The van der Waals surface area contributed by atoms with Crippen molar-refractivity contribution in [3.05, 3.63) is 78.0 Å². The molecule has 2 aromatic carbocycles. The lowest BCUT2D eigenvalue weighted by Crippen LogP contribution is -2.39. The molecule has 0 amide bonds. The van der Waals surface area contributed by atoms with Gasteiger partial charge in [-0.3, -0.25) is 4.40 Å². The Morgan fingerprint density at radius 2 is 2.03 bits per heavy atom. The lowest BCUT2D eigenvalue weighted by atomic mass is 9.91. The molecule has 5 rings (SSSR count). The zero-order valence-corrected chi connectivity index (χ0v) is 16.8. The summed E-state index contributed by atoms with van der Waals surface area (Å²) in [5.74, 6) is -0.524. The highest BCUT2D eigenvalue weighted by molar-refractivity contribution is 5.85. The molecule has 1 fully saturated rings. The number of rotatable bonds is 4. The summed E-state index contributed by atoms with van der Waals surface area (Å²) in [6.45, 7) is 2.39. The summed E-state index contributed by atoms with van der Waals surface area (Å²) in [5, 5.41) is 20.5. The quantitative estimate of drug-likeness (QED) is 0.553. The van der Waals surface area contributed by atoms with Crippen molar-refractivity contribution in [1.82, 2.24) is 19.9 Å². The minimum absolute atomic E-state index is 0.0352. The van der Waals surface area contributed by atoms with E-state index in [4.69, 9.17) is 10.00 Å². The SMILES string of the molecule is N#Cc1ccc(-c2cc(CC3CNCCO3)ccc2-c2ccn3cnnc3c2)cc1F. The van der Waals surface area contributed by atoms with E-state index >= 15 is 0 Å². The molecule has 0 spiro atoms. The van der Waals surface area contributed by atoms with Crippen molar-refractivity contribution >= 4 is 5.65 Å². The fourth-order valence-electron chi connectivity index (χ4n) is 3.98.